The maximum atomic E-state index is 10.3. The minimum absolute atomic E-state index is 0.111. The van der Waals surface area contributed by atoms with E-state index in [0.29, 0.717) is 23.5 Å². The summed E-state index contributed by atoms with van der Waals surface area (Å²) in [5, 5.41) is 20.0. The van der Waals surface area contributed by atoms with Crippen LogP contribution in [0.1, 0.15) is 49.7 Å². The second-order valence-corrected chi connectivity index (χ2v) is 7.10. The van der Waals surface area contributed by atoms with Crippen LogP contribution in [0.4, 0.5) is 0 Å². The van der Waals surface area contributed by atoms with Crippen molar-refractivity contribution in [2.75, 3.05) is 0 Å². The number of phenolic OH excluding ortho intramolecular Hbond substituents is 1. The summed E-state index contributed by atoms with van der Waals surface area (Å²) in [7, 11) is 0. The molecule has 0 saturated heterocycles. The van der Waals surface area contributed by atoms with Gasteiger partial charge in [0.05, 0.1) is 6.10 Å². The van der Waals surface area contributed by atoms with Gasteiger partial charge in [0.25, 0.3) is 0 Å². The van der Waals surface area contributed by atoms with Crippen LogP contribution >= 0.6 is 0 Å². The second kappa shape index (κ2) is 4.11. The van der Waals surface area contributed by atoms with Crippen molar-refractivity contribution in [3.8, 4) is 5.75 Å². The van der Waals surface area contributed by atoms with Crippen LogP contribution in [0.3, 0.4) is 0 Å². The first-order valence-electron chi connectivity index (χ1n) is 7.79. The molecule has 2 saturated carbocycles. The van der Waals surface area contributed by atoms with Gasteiger partial charge in [0, 0.05) is 0 Å². The normalized spacial score (nSPS) is 41.9. The van der Waals surface area contributed by atoms with E-state index in [1.54, 1.807) is 0 Å². The van der Waals surface area contributed by atoms with Crippen molar-refractivity contribution in [2.45, 2.75) is 44.6 Å². The van der Waals surface area contributed by atoms with E-state index in [1.165, 1.54) is 11.1 Å². The number of phenols is 1. The molecule has 0 aliphatic heterocycles. The zero-order valence-electron chi connectivity index (χ0n) is 11.9. The topological polar surface area (TPSA) is 40.5 Å². The first kappa shape index (κ1) is 12.5. The van der Waals surface area contributed by atoms with Gasteiger partial charge in [-0.15, -0.1) is 0 Å². The van der Waals surface area contributed by atoms with E-state index in [-0.39, 0.29) is 11.5 Å². The van der Waals surface area contributed by atoms with E-state index in [9.17, 15) is 10.2 Å². The minimum atomic E-state index is -0.122. The molecule has 2 heteroatoms. The van der Waals surface area contributed by atoms with Crippen molar-refractivity contribution in [2.24, 2.45) is 17.3 Å². The van der Waals surface area contributed by atoms with Crippen molar-refractivity contribution in [3.05, 3.63) is 35.4 Å². The zero-order valence-corrected chi connectivity index (χ0v) is 11.9. The number of aliphatic hydroxyl groups is 1. The predicted octanol–water partition coefficient (Wildman–Crippen LogP) is 3.69. The third-order valence-electron chi connectivity index (χ3n) is 6.25. The highest BCUT2D eigenvalue weighted by Gasteiger charge is 2.53. The first-order valence-corrected chi connectivity index (χ1v) is 7.79. The molecule has 2 nitrogen and oxygen atoms in total. The molecule has 0 spiro atoms. The molecule has 2 fully saturated rings. The van der Waals surface area contributed by atoms with E-state index < -0.39 is 0 Å². The molecule has 0 radical (unpaired) electrons. The number of hydrogen-bond donors (Lipinski definition) is 2. The smallest absolute Gasteiger partial charge is 0.116 e. The molecule has 20 heavy (non-hydrogen) atoms. The van der Waals surface area contributed by atoms with Gasteiger partial charge in [-0.25, -0.2) is 0 Å². The van der Waals surface area contributed by atoms with Gasteiger partial charge in [0.1, 0.15) is 5.75 Å². The Morgan fingerprint density at radius 3 is 2.90 bits per heavy atom. The largest absolute Gasteiger partial charge is 0.508 e. The van der Waals surface area contributed by atoms with Gasteiger partial charge in [0.2, 0.25) is 0 Å². The Morgan fingerprint density at radius 1 is 1.20 bits per heavy atom. The third-order valence-corrected chi connectivity index (χ3v) is 6.25. The summed E-state index contributed by atoms with van der Waals surface area (Å²) in [6.45, 7) is 2.28. The van der Waals surface area contributed by atoms with Crippen LogP contribution in [-0.2, 0) is 0 Å². The second-order valence-electron chi connectivity index (χ2n) is 7.10. The monoisotopic (exact) mass is 270 g/mol. The van der Waals surface area contributed by atoms with Crippen LogP contribution < -0.4 is 0 Å². The third kappa shape index (κ3) is 1.54. The maximum absolute atomic E-state index is 10.3. The average molecular weight is 270 g/mol. The summed E-state index contributed by atoms with van der Waals surface area (Å²) >= 11 is 0. The molecule has 5 atom stereocenters. The number of hydrogen-bond acceptors (Lipinski definition) is 2. The van der Waals surface area contributed by atoms with Crippen molar-refractivity contribution >= 4 is 6.08 Å². The van der Waals surface area contributed by atoms with Gasteiger partial charge in [-0.2, -0.15) is 0 Å². The van der Waals surface area contributed by atoms with Crippen molar-refractivity contribution in [1.82, 2.24) is 0 Å². The molecule has 3 aliphatic rings. The Morgan fingerprint density at radius 2 is 2.05 bits per heavy atom. The SMILES string of the molecule is C[C@]12CC[C@@H]3c4ccc(O)cc4C=C[C@H]3[C@@H]1CC[C@H]2O. The highest BCUT2D eigenvalue weighted by molar-refractivity contribution is 5.60. The zero-order chi connectivity index (χ0) is 13.9. The summed E-state index contributed by atoms with van der Waals surface area (Å²) in [6.07, 6.45) is 8.77. The molecule has 3 aliphatic carbocycles. The molecule has 2 N–H and O–H groups in total. The fraction of sp³-hybridized carbons (Fsp3) is 0.556. The quantitative estimate of drug-likeness (QED) is 0.755. The Bertz CT molecular complexity index is 577. The van der Waals surface area contributed by atoms with E-state index >= 15 is 0 Å². The molecule has 0 unspecified atom stereocenters. The van der Waals surface area contributed by atoms with E-state index in [1.807, 2.05) is 12.1 Å². The lowest BCUT2D eigenvalue weighted by Crippen LogP contribution is -2.42. The van der Waals surface area contributed by atoms with Gasteiger partial charge in [-0.1, -0.05) is 25.1 Å². The van der Waals surface area contributed by atoms with Gasteiger partial charge in [-0.05, 0) is 72.1 Å². The summed E-state index contributed by atoms with van der Waals surface area (Å²) in [5.74, 6) is 2.08. The fourth-order valence-electron chi connectivity index (χ4n) is 5.06. The highest BCUT2D eigenvalue weighted by Crippen LogP contribution is 2.60. The lowest BCUT2D eigenvalue weighted by molar-refractivity contribution is -0.00797. The van der Waals surface area contributed by atoms with Gasteiger partial charge in [0.15, 0.2) is 0 Å². The molecule has 1 aromatic carbocycles. The lowest BCUT2D eigenvalue weighted by Gasteiger charge is -2.48. The Balaban J connectivity index is 1.75. The van der Waals surface area contributed by atoms with E-state index in [0.717, 1.165) is 25.7 Å². The predicted molar refractivity (Wildman–Crippen MR) is 79.4 cm³/mol. The lowest BCUT2D eigenvalue weighted by atomic mass is 9.57. The van der Waals surface area contributed by atoms with Gasteiger partial charge in [-0.3, -0.25) is 0 Å². The van der Waals surface area contributed by atoms with Crippen LogP contribution in [0, 0.1) is 17.3 Å². The summed E-state index contributed by atoms with van der Waals surface area (Å²) in [4.78, 5) is 0. The van der Waals surface area contributed by atoms with Crippen LogP contribution in [0.25, 0.3) is 6.08 Å². The minimum Gasteiger partial charge on any atom is -0.508 e. The number of aromatic hydroxyl groups is 1. The van der Waals surface area contributed by atoms with Crippen LogP contribution in [-0.4, -0.2) is 16.3 Å². The number of allylic oxidation sites excluding steroid dienone is 1. The average Bonchev–Trinajstić information content (AvgIpc) is 2.74. The Kier molecular flexibility index (Phi) is 2.56. The summed E-state index contributed by atoms with van der Waals surface area (Å²) in [5.41, 5.74) is 2.67. The van der Waals surface area contributed by atoms with Crippen LogP contribution in [0.15, 0.2) is 24.3 Å². The molecule has 1 aromatic rings. The maximum Gasteiger partial charge on any atom is 0.116 e. The number of aliphatic hydroxyl groups excluding tert-OH is 1. The van der Waals surface area contributed by atoms with Crippen molar-refractivity contribution in [1.29, 1.82) is 0 Å². The summed E-state index contributed by atoms with van der Waals surface area (Å²) < 4.78 is 0. The highest BCUT2D eigenvalue weighted by atomic mass is 16.3. The molecule has 106 valence electrons. The number of benzene rings is 1. The van der Waals surface area contributed by atoms with Crippen LogP contribution in [0.2, 0.25) is 0 Å². The Hall–Kier alpha value is -1.28. The molecule has 0 aromatic heterocycles. The van der Waals surface area contributed by atoms with Crippen LogP contribution in [0.5, 0.6) is 5.75 Å². The number of rotatable bonds is 0. The fourth-order valence-corrected chi connectivity index (χ4v) is 5.06. The first-order chi connectivity index (χ1) is 9.59. The number of fused-ring (bicyclic) bond motifs is 5. The van der Waals surface area contributed by atoms with Gasteiger partial charge >= 0.3 is 0 Å². The molecule has 0 bridgehead atoms. The standard InChI is InChI=1S/C18H22O2/c1-18-9-8-14-13-5-3-12(19)10-11(13)2-4-15(14)16(18)6-7-17(18)20/h2-5,10,14-17,19-20H,6-9H2,1H3/t14-,15-,16+,17-,18+/m1/s1. The van der Waals surface area contributed by atoms with Crippen molar-refractivity contribution in [3.63, 3.8) is 0 Å². The molecular weight excluding hydrogens is 248 g/mol. The van der Waals surface area contributed by atoms with Crippen molar-refractivity contribution < 1.29 is 10.2 Å². The summed E-state index contributed by atoms with van der Waals surface area (Å²) in [6, 6.07) is 5.78. The Labute approximate surface area is 120 Å². The molecule has 0 heterocycles. The molecule has 0 amide bonds. The molecule has 4 rings (SSSR count). The van der Waals surface area contributed by atoms with E-state index in [4.69, 9.17) is 0 Å². The van der Waals surface area contributed by atoms with Gasteiger partial charge < -0.3 is 10.2 Å². The molecular formula is C18H22O2. The van der Waals surface area contributed by atoms with E-state index in [2.05, 4.69) is 25.1 Å².